The molecule has 25 heavy (non-hydrogen) atoms. The summed E-state index contributed by atoms with van der Waals surface area (Å²) in [4.78, 5) is 16.2. The van der Waals surface area contributed by atoms with E-state index >= 15 is 0 Å². The number of rotatable bonds is 5. The molecule has 1 aromatic carbocycles. The van der Waals surface area contributed by atoms with Gasteiger partial charge in [-0.3, -0.25) is 4.90 Å². The van der Waals surface area contributed by atoms with Gasteiger partial charge in [0.05, 0.1) is 24.2 Å². The molecule has 0 bridgehead atoms. The van der Waals surface area contributed by atoms with Crippen LogP contribution in [0.4, 0.5) is 4.79 Å². The van der Waals surface area contributed by atoms with Gasteiger partial charge in [-0.05, 0) is 5.56 Å². The van der Waals surface area contributed by atoms with E-state index in [2.05, 4.69) is 4.90 Å². The average molecular weight is 368 g/mol. The van der Waals surface area contributed by atoms with E-state index in [1.165, 1.54) is 0 Å². The first-order valence-electron chi connectivity index (χ1n) is 8.41. The predicted octanol–water partition coefficient (Wildman–Crippen LogP) is 0.753. The Bertz CT molecular complexity index is 694. The molecule has 2 aliphatic heterocycles. The van der Waals surface area contributed by atoms with Crippen molar-refractivity contribution < 1.29 is 22.7 Å². The molecule has 3 rings (SSSR count). The van der Waals surface area contributed by atoms with Crippen LogP contribution in [0.15, 0.2) is 30.3 Å². The number of ether oxygens (including phenoxy) is 2. The summed E-state index contributed by atoms with van der Waals surface area (Å²) in [7, 11) is -1.53. The van der Waals surface area contributed by atoms with Crippen LogP contribution < -0.4 is 0 Å². The van der Waals surface area contributed by atoms with Gasteiger partial charge in [-0.1, -0.05) is 30.3 Å². The lowest BCUT2D eigenvalue weighted by molar-refractivity contribution is 0.0180. The molecule has 2 saturated heterocycles. The molecule has 0 aromatic heterocycles. The van der Waals surface area contributed by atoms with Crippen LogP contribution in [0.25, 0.3) is 0 Å². The van der Waals surface area contributed by atoms with Crippen LogP contribution in [0.2, 0.25) is 0 Å². The molecule has 2 aliphatic rings. The molecule has 1 amide bonds. The fourth-order valence-electron chi connectivity index (χ4n) is 3.54. The highest BCUT2D eigenvalue weighted by Crippen LogP contribution is 2.27. The topological polar surface area (TPSA) is 76.2 Å². The number of methoxy groups -OCH3 is 1. The van der Waals surface area contributed by atoms with Crippen molar-refractivity contribution >= 4 is 15.9 Å². The second-order valence-corrected chi connectivity index (χ2v) is 8.63. The maximum absolute atomic E-state index is 12.5. The molecule has 0 N–H and O–H groups in total. The van der Waals surface area contributed by atoms with Crippen molar-refractivity contribution in [3.8, 4) is 0 Å². The third-order valence-electron chi connectivity index (χ3n) is 4.81. The molecule has 1 aromatic rings. The Morgan fingerprint density at radius 1 is 1.16 bits per heavy atom. The van der Waals surface area contributed by atoms with Crippen molar-refractivity contribution in [1.82, 2.24) is 9.80 Å². The summed E-state index contributed by atoms with van der Waals surface area (Å²) < 4.78 is 34.8. The highest BCUT2D eigenvalue weighted by Gasteiger charge is 2.48. The Balaban J connectivity index is 1.66. The third kappa shape index (κ3) is 4.31. The lowest BCUT2D eigenvalue weighted by Gasteiger charge is -2.43. The zero-order chi connectivity index (χ0) is 17.9. The summed E-state index contributed by atoms with van der Waals surface area (Å²) in [6.07, 6.45) is -0.442. The van der Waals surface area contributed by atoms with E-state index in [0.717, 1.165) is 5.56 Å². The van der Waals surface area contributed by atoms with Crippen LogP contribution in [0, 0.1) is 0 Å². The van der Waals surface area contributed by atoms with Gasteiger partial charge in [0, 0.05) is 32.8 Å². The van der Waals surface area contributed by atoms with Crippen LogP contribution >= 0.6 is 0 Å². The molecule has 2 atom stereocenters. The Hall–Kier alpha value is -1.64. The van der Waals surface area contributed by atoms with Crippen molar-refractivity contribution in [3.05, 3.63) is 35.9 Å². The van der Waals surface area contributed by atoms with Gasteiger partial charge >= 0.3 is 6.09 Å². The molecule has 0 unspecified atom stereocenters. The normalized spacial score (nSPS) is 25.6. The molecule has 0 spiro atoms. The van der Waals surface area contributed by atoms with Gasteiger partial charge in [0.25, 0.3) is 0 Å². The minimum atomic E-state index is -3.15. The number of amides is 1. The van der Waals surface area contributed by atoms with Crippen molar-refractivity contribution in [2.45, 2.75) is 18.7 Å². The molecule has 0 saturated carbocycles. The zero-order valence-corrected chi connectivity index (χ0v) is 15.2. The molecule has 8 heteroatoms. The number of benzene rings is 1. The Morgan fingerprint density at radius 2 is 1.88 bits per heavy atom. The monoisotopic (exact) mass is 368 g/mol. The molecular weight excluding hydrogens is 344 g/mol. The molecule has 7 nitrogen and oxygen atoms in total. The summed E-state index contributed by atoms with van der Waals surface area (Å²) in [5, 5.41) is 0. The Morgan fingerprint density at radius 3 is 2.60 bits per heavy atom. The van der Waals surface area contributed by atoms with Crippen molar-refractivity contribution in [1.29, 1.82) is 0 Å². The number of sulfone groups is 1. The van der Waals surface area contributed by atoms with E-state index in [9.17, 15) is 13.2 Å². The summed E-state index contributed by atoms with van der Waals surface area (Å²) in [6.45, 7) is 2.49. The van der Waals surface area contributed by atoms with Gasteiger partial charge in [-0.25, -0.2) is 13.2 Å². The van der Waals surface area contributed by atoms with E-state index in [4.69, 9.17) is 9.47 Å². The average Bonchev–Trinajstić information content (AvgIpc) is 2.93. The summed E-state index contributed by atoms with van der Waals surface area (Å²) in [5.41, 5.74) is 0.908. The molecule has 0 aliphatic carbocycles. The second-order valence-electron chi connectivity index (χ2n) is 6.47. The molecule has 2 heterocycles. The van der Waals surface area contributed by atoms with Gasteiger partial charge < -0.3 is 14.4 Å². The van der Waals surface area contributed by atoms with Gasteiger partial charge in [0.1, 0.15) is 6.61 Å². The Labute approximate surface area is 148 Å². The minimum absolute atomic E-state index is 0.00157. The van der Waals surface area contributed by atoms with E-state index in [-0.39, 0.29) is 30.2 Å². The third-order valence-corrected chi connectivity index (χ3v) is 6.51. The number of fused-ring (bicyclic) bond motifs is 1. The second kappa shape index (κ2) is 7.72. The maximum atomic E-state index is 12.5. The van der Waals surface area contributed by atoms with Crippen molar-refractivity contribution in [3.63, 3.8) is 0 Å². The lowest BCUT2D eigenvalue weighted by atomic mass is 10.1. The van der Waals surface area contributed by atoms with E-state index in [1.807, 2.05) is 30.3 Å². The van der Waals surface area contributed by atoms with Crippen LogP contribution in [0.3, 0.4) is 0 Å². The summed E-state index contributed by atoms with van der Waals surface area (Å²) >= 11 is 0. The highest BCUT2D eigenvalue weighted by atomic mass is 32.2. The first-order valence-corrected chi connectivity index (χ1v) is 10.2. The standard InChI is InChI=1S/C17H24N2O5S/c1-23-10-9-18-7-8-19(16-13-25(21,22)12-15(16)18)17(20)24-11-14-5-3-2-4-6-14/h2-6,15-16H,7-13H2,1H3/t15-,16+/m0/s1. The number of hydrogen-bond acceptors (Lipinski definition) is 6. The quantitative estimate of drug-likeness (QED) is 0.764. The van der Waals surface area contributed by atoms with Crippen molar-refractivity contribution in [2.75, 3.05) is 44.9 Å². The SMILES string of the molecule is COCCN1CCN(C(=O)OCc2ccccc2)[C@@H]2CS(=O)(=O)C[C@@H]21. The van der Waals surface area contributed by atoms with Gasteiger partial charge in [0.2, 0.25) is 0 Å². The van der Waals surface area contributed by atoms with Gasteiger partial charge in [-0.2, -0.15) is 0 Å². The Kier molecular flexibility index (Phi) is 5.61. The molecule has 0 radical (unpaired) electrons. The summed E-state index contributed by atoms with van der Waals surface area (Å²) in [6, 6.07) is 8.92. The number of carbonyl (C=O) groups is 1. The largest absolute Gasteiger partial charge is 0.445 e. The first kappa shape index (κ1) is 18.2. The highest BCUT2D eigenvalue weighted by molar-refractivity contribution is 7.91. The number of carbonyl (C=O) groups excluding carboxylic acids is 1. The zero-order valence-electron chi connectivity index (χ0n) is 14.3. The lowest BCUT2D eigenvalue weighted by Crippen LogP contribution is -2.61. The van der Waals surface area contributed by atoms with Crippen molar-refractivity contribution in [2.24, 2.45) is 0 Å². The van der Waals surface area contributed by atoms with E-state index < -0.39 is 15.9 Å². The smallest absolute Gasteiger partial charge is 0.410 e. The summed E-state index contributed by atoms with van der Waals surface area (Å²) in [5.74, 6) is 0.0887. The van der Waals surface area contributed by atoms with E-state index in [0.29, 0.717) is 26.2 Å². The van der Waals surface area contributed by atoms with Crippen LogP contribution in [-0.4, -0.2) is 81.3 Å². The minimum Gasteiger partial charge on any atom is -0.445 e. The molecule has 2 fully saturated rings. The van der Waals surface area contributed by atoms with Gasteiger partial charge in [-0.15, -0.1) is 0 Å². The first-order chi connectivity index (χ1) is 12.0. The van der Waals surface area contributed by atoms with Gasteiger partial charge in [0.15, 0.2) is 9.84 Å². The molecule has 138 valence electrons. The van der Waals surface area contributed by atoms with Crippen LogP contribution in [-0.2, 0) is 25.9 Å². The number of piperazine rings is 1. The fraction of sp³-hybridized carbons (Fsp3) is 0.588. The van der Waals surface area contributed by atoms with E-state index in [1.54, 1.807) is 12.0 Å². The van der Waals surface area contributed by atoms with Crippen LogP contribution in [0.1, 0.15) is 5.56 Å². The van der Waals surface area contributed by atoms with Crippen LogP contribution in [0.5, 0.6) is 0 Å². The number of nitrogens with zero attached hydrogens (tertiary/aromatic N) is 2. The predicted molar refractivity (Wildman–Crippen MR) is 93.0 cm³/mol. The fourth-order valence-corrected chi connectivity index (χ4v) is 5.55. The molecular formula is C17H24N2O5S. The maximum Gasteiger partial charge on any atom is 0.410 e. The number of hydrogen-bond donors (Lipinski definition) is 0.